The number of hydrogen-bond donors (Lipinski definition) is 1. The van der Waals surface area contributed by atoms with E-state index in [9.17, 15) is 0 Å². The summed E-state index contributed by atoms with van der Waals surface area (Å²) >= 11 is 2.11. The standard InChI is InChI=1S/C15H30N2S/c1-13-11-14(2,3)5-6-15(13,12-16)17-7-4-9-18-10-8-17/h13H,4-12,16H2,1-3H3. The maximum atomic E-state index is 6.25. The fraction of sp³-hybridized carbons (Fsp3) is 1.00. The lowest BCUT2D eigenvalue weighted by molar-refractivity contribution is -0.0180. The Morgan fingerprint density at radius 3 is 2.67 bits per heavy atom. The van der Waals surface area contributed by atoms with Crippen molar-refractivity contribution in [2.45, 2.75) is 52.0 Å². The highest BCUT2D eigenvalue weighted by Crippen LogP contribution is 2.46. The molecule has 2 N–H and O–H groups in total. The predicted octanol–water partition coefficient (Wildman–Crippen LogP) is 2.97. The summed E-state index contributed by atoms with van der Waals surface area (Å²) in [4.78, 5) is 2.74. The third-order valence-corrected chi connectivity index (χ3v) is 6.26. The number of nitrogens with zero attached hydrogens (tertiary/aromatic N) is 1. The summed E-state index contributed by atoms with van der Waals surface area (Å²) in [5.74, 6) is 3.35. The molecule has 0 aromatic heterocycles. The average Bonchev–Trinajstić information content (AvgIpc) is 2.58. The molecule has 1 saturated carbocycles. The molecule has 1 aliphatic carbocycles. The Morgan fingerprint density at radius 1 is 1.22 bits per heavy atom. The Labute approximate surface area is 117 Å². The van der Waals surface area contributed by atoms with E-state index in [1.807, 2.05) is 0 Å². The minimum atomic E-state index is 0.292. The molecule has 0 aromatic carbocycles. The van der Waals surface area contributed by atoms with Gasteiger partial charge in [0.05, 0.1) is 0 Å². The zero-order valence-corrected chi connectivity index (χ0v) is 13.2. The summed E-state index contributed by atoms with van der Waals surface area (Å²) in [7, 11) is 0. The van der Waals surface area contributed by atoms with E-state index >= 15 is 0 Å². The molecule has 2 atom stereocenters. The second-order valence-corrected chi connectivity index (χ2v) is 8.25. The van der Waals surface area contributed by atoms with E-state index < -0.39 is 0 Å². The monoisotopic (exact) mass is 270 g/mol. The van der Waals surface area contributed by atoms with Crippen LogP contribution in [0.4, 0.5) is 0 Å². The second kappa shape index (κ2) is 5.72. The van der Waals surface area contributed by atoms with Crippen molar-refractivity contribution in [1.29, 1.82) is 0 Å². The normalized spacial score (nSPS) is 38.3. The van der Waals surface area contributed by atoms with Crippen LogP contribution in [0.2, 0.25) is 0 Å². The van der Waals surface area contributed by atoms with Crippen LogP contribution < -0.4 is 5.73 Å². The molecule has 2 fully saturated rings. The van der Waals surface area contributed by atoms with Crippen LogP contribution in [0.3, 0.4) is 0 Å². The lowest BCUT2D eigenvalue weighted by Gasteiger charge is -2.53. The summed E-state index contributed by atoms with van der Waals surface area (Å²) in [6, 6.07) is 0. The van der Waals surface area contributed by atoms with E-state index in [1.165, 1.54) is 50.3 Å². The molecule has 1 aliphatic heterocycles. The average molecular weight is 270 g/mol. The van der Waals surface area contributed by atoms with Gasteiger partial charge in [0, 0.05) is 24.4 Å². The lowest BCUT2D eigenvalue weighted by Crippen LogP contribution is -2.61. The fourth-order valence-corrected chi connectivity index (χ4v) is 4.90. The maximum absolute atomic E-state index is 6.25. The van der Waals surface area contributed by atoms with Crippen molar-refractivity contribution in [1.82, 2.24) is 4.90 Å². The largest absolute Gasteiger partial charge is 0.329 e. The first-order valence-corrected chi connectivity index (χ1v) is 8.68. The summed E-state index contributed by atoms with van der Waals surface area (Å²) in [5.41, 5.74) is 7.06. The van der Waals surface area contributed by atoms with Crippen LogP contribution >= 0.6 is 11.8 Å². The third-order valence-electron chi connectivity index (χ3n) is 5.22. The van der Waals surface area contributed by atoms with Crippen LogP contribution in [0.15, 0.2) is 0 Å². The van der Waals surface area contributed by atoms with Crippen molar-refractivity contribution in [2.24, 2.45) is 17.1 Å². The Balaban J connectivity index is 2.14. The van der Waals surface area contributed by atoms with E-state index in [1.54, 1.807) is 0 Å². The van der Waals surface area contributed by atoms with Gasteiger partial charge in [-0.2, -0.15) is 11.8 Å². The molecule has 18 heavy (non-hydrogen) atoms. The molecule has 2 aliphatic rings. The molecule has 2 nitrogen and oxygen atoms in total. The van der Waals surface area contributed by atoms with Gasteiger partial charge < -0.3 is 5.73 Å². The molecule has 0 radical (unpaired) electrons. The fourth-order valence-electron chi connectivity index (χ4n) is 4.02. The summed E-state index contributed by atoms with van der Waals surface area (Å²) in [6.07, 6.45) is 5.29. The molecule has 106 valence electrons. The van der Waals surface area contributed by atoms with Crippen LogP contribution in [0.25, 0.3) is 0 Å². The van der Waals surface area contributed by atoms with Gasteiger partial charge in [-0.25, -0.2) is 0 Å². The first kappa shape index (κ1) is 14.7. The van der Waals surface area contributed by atoms with Gasteiger partial charge in [0.2, 0.25) is 0 Å². The van der Waals surface area contributed by atoms with Crippen molar-refractivity contribution in [3.8, 4) is 0 Å². The summed E-state index contributed by atoms with van der Waals surface area (Å²) in [6.45, 7) is 10.6. The highest BCUT2D eigenvalue weighted by Gasteiger charge is 2.46. The van der Waals surface area contributed by atoms with Crippen LogP contribution in [-0.2, 0) is 0 Å². The van der Waals surface area contributed by atoms with Crippen LogP contribution in [0.1, 0.15) is 46.5 Å². The Morgan fingerprint density at radius 2 is 2.00 bits per heavy atom. The van der Waals surface area contributed by atoms with E-state index in [0.717, 1.165) is 12.5 Å². The molecule has 0 aromatic rings. The lowest BCUT2D eigenvalue weighted by atomic mass is 9.63. The molecule has 1 saturated heterocycles. The third kappa shape index (κ3) is 2.88. The highest BCUT2D eigenvalue weighted by atomic mass is 32.2. The summed E-state index contributed by atoms with van der Waals surface area (Å²) < 4.78 is 0. The van der Waals surface area contributed by atoms with E-state index in [-0.39, 0.29) is 0 Å². The molecule has 2 rings (SSSR count). The van der Waals surface area contributed by atoms with Gasteiger partial charge in [0.25, 0.3) is 0 Å². The zero-order valence-electron chi connectivity index (χ0n) is 12.4. The Kier molecular flexibility index (Phi) is 4.66. The van der Waals surface area contributed by atoms with Crippen LogP contribution in [0.5, 0.6) is 0 Å². The number of nitrogens with two attached hydrogens (primary N) is 1. The Hall–Kier alpha value is 0.270. The molecule has 1 heterocycles. The second-order valence-electron chi connectivity index (χ2n) is 7.03. The van der Waals surface area contributed by atoms with Crippen LogP contribution in [0, 0.1) is 11.3 Å². The van der Waals surface area contributed by atoms with Gasteiger partial charge in [0.15, 0.2) is 0 Å². The first-order chi connectivity index (χ1) is 8.50. The van der Waals surface area contributed by atoms with Crippen LogP contribution in [-0.4, -0.2) is 41.6 Å². The molecule has 2 unspecified atom stereocenters. The molecular formula is C15H30N2S. The van der Waals surface area contributed by atoms with Crippen molar-refractivity contribution >= 4 is 11.8 Å². The van der Waals surface area contributed by atoms with Gasteiger partial charge in [0.1, 0.15) is 0 Å². The quantitative estimate of drug-likeness (QED) is 0.836. The minimum Gasteiger partial charge on any atom is -0.329 e. The van der Waals surface area contributed by atoms with Gasteiger partial charge >= 0.3 is 0 Å². The van der Waals surface area contributed by atoms with Crippen molar-refractivity contribution < 1.29 is 0 Å². The first-order valence-electron chi connectivity index (χ1n) is 7.53. The number of rotatable bonds is 2. The number of hydrogen-bond acceptors (Lipinski definition) is 3. The van der Waals surface area contributed by atoms with Gasteiger partial charge in [-0.1, -0.05) is 20.8 Å². The van der Waals surface area contributed by atoms with Crippen molar-refractivity contribution in [2.75, 3.05) is 31.1 Å². The minimum absolute atomic E-state index is 0.292. The highest BCUT2D eigenvalue weighted by molar-refractivity contribution is 7.99. The topological polar surface area (TPSA) is 29.3 Å². The zero-order chi connectivity index (χ0) is 13.2. The number of thioether (sulfide) groups is 1. The van der Waals surface area contributed by atoms with Crippen molar-refractivity contribution in [3.05, 3.63) is 0 Å². The van der Waals surface area contributed by atoms with Gasteiger partial charge in [-0.15, -0.1) is 0 Å². The van der Waals surface area contributed by atoms with Gasteiger partial charge in [-0.3, -0.25) is 4.90 Å². The summed E-state index contributed by atoms with van der Waals surface area (Å²) in [5, 5.41) is 0. The Bertz CT molecular complexity index is 272. The van der Waals surface area contributed by atoms with E-state index in [0.29, 0.717) is 11.0 Å². The molecule has 3 heteroatoms. The van der Waals surface area contributed by atoms with Gasteiger partial charge in [-0.05, 0) is 49.3 Å². The maximum Gasteiger partial charge on any atom is 0.0357 e. The predicted molar refractivity (Wildman–Crippen MR) is 82.1 cm³/mol. The van der Waals surface area contributed by atoms with E-state index in [2.05, 4.69) is 37.4 Å². The molecule has 0 spiro atoms. The smallest absolute Gasteiger partial charge is 0.0357 e. The molecule has 0 bridgehead atoms. The molecular weight excluding hydrogens is 240 g/mol. The van der Waals surface area contributed by atoms with E-state index in [4.69, 9.17) is 5.73 Å². The SMILES string of the molecule is CC1CC(C)(C)CCC1(CN)N1CCCSCC1. The van der Waals surface area contributed by atoms with Crippen molar-refractivity contribution in [3.63, 3.8) is 0 Å². The molecule has 0 amide bonds.